The minimum absolute atomic E-state index is 0.0684. The summed E-state index contributed by atoms with van der Waals surface area (Å²) in [5, 5.41) is 11.8. The predicted molar refractivity (Wildman–Crippen MR) is 73.3 cm³/mol. The largest absolute Gasteiger partial charge is 0.480 e. The van der Waals surface area contributed by atoms with Gasteiger partial charge >= 0.3 is 5.97 Å². The maximum Gasteiger partial charge on any atom is 0.326 e. The van der Waals surface area contributed by atoms with Crippen molar-refractivity contribution >= 4 is 11.9 Å². The zero-order valence-corrected chi connectivity index (χ0v) is 11.2. The van der Waals surface area contributed by atoms with Crippen LogP contribution in [0.25, 0.3) is 0 Å². The molecule has 1 aromatic carbocycles. The van der Waals surface area contributed by atoms with Crippen molar-refractivity contribution in [3.63, 3.8) is 0 Å². The fraction of sp³-hybridized carbons (Fsp3) is 0.467. The van der Waals surface area contributed by atoms with E-state index in [4.69, 9.17) is 4.74 Å². The van der Waals surface area contributed by atoms with Crippen molar-refractivity contribution < 1.29 is 19.4 Å². The van der Waals surface area contributed by atoms with E-state index in [1.165, 1.54) is 0 Å². The Labute approximate surface area is 117 Å². The SMILES string of the molecule is O=C(CC1CCCO1)N[C@@H](Cc1ccccc1)C(=O)O. The molecule has 1 heterocycles. The Balaban J connectivity index is 1.88. The second kappa shape index (κ2) is 7.05. The highest BCUT2D eigenvalue weighted by Gasteiger charge is 2.24. The molecule has 20 heavy (non-hydrogen) atoms. The molecule has 0 aliphatic carbocycles. The van der Waals surface area contributed by atoms with Gasteiger partial charge in [-0.1, -0.05) is 30.3 Å². The molecule has 0 radical (unpaired) electrons. The highest BCUT2D eigenvalue weighted by atomic mass is 16.5. The van der Waals surface area contributed by atoms with Crippen molar-refractivity contribution in [2.45, 2.75) is 37.8 Å². The van der Waals surface area contributed by atoms with Crippen LogP contribution in [0.15, 0.2) is 30.3 Å². The minimum Gasteiger partial charge on any atom is -0.480 e. The van der Waals surface area contributed by atoms with Crippen molar-refractivity contribution in [3.05, 3.63) is 35.9 Å². The summed E-state index contributed by atoms with van der Waals surface area (Å²) in [5.41, 5.74) is 0.886. The van der Waals surface area contributed by atoms with E-state index in [9.17, 15) is 14.7 Å². The number of nitrogens with one attached hydrogen (secondary N) is 1. The molecule has 1 aromatic rings. The summed E-state index contributed by atoms with van der Waals surface area (Å²) in [6, 6.07) is 8.37. The number of carboxylic acids is 1. The first kappa shape index (κ1) is 14.5. The number of aliphatic carboxylic acids is 1. The lowest BCUT2D eigenvalue weighted by molar-refractivity contribution is -0.142. The third-order valence-corrected chi connectivity index (χ3v) is 3.35. The van der Waals surface area contributed by atoms with Gasteiger partial charge in [-0.25, -0.2) is 4.79 Å². The summed E-state index contributed by atoms with van der Waals surface area (Å²) in [7, 11) is 0. The second-order valence-corrected chi connectivity index (χ2v) is 4.99. The average molecular weight is 277 g/mol. The molecule has 1 fully saturated rings. The fourth-order valence-electron chi connectivity index (χ4n) is 2.32. The molecule has 0 saturated carbocycles. The smallest absolute Gasteiger partial charge is 0.326 e. The molecule has 1 aliphatic rings. The molecular weight excluding hydrogens is 258 g/mol. The maximum atomic E-state index is 11.8. The van der Waals surface area contributed by atoms with Crippen LogP contribution in [0.4, 0.5) is 0 Å². The monoisotopic (exact) mass is 277 g/mol. The maximum absolute atomic E-state index is 11.8. The summed E-state index contributed by atoms with van der Waals surface area (Å²) < 4.78 is 5.38. The van der Waals surface area contributed by atoms with E-state index in [0.29, 0.717) is 6.61 Å². The Morgan fingerprint density at radius 1 is 1.35 bits per heavy atom. The summed E-state index contributed by atoms with van der Waals surface area (Å²) >= 11 is 0. The number of ether oxygens (including phenoxy) is 1. The van der Waals surface area contributed by atoms with E-state index in [1.54, 1.807) is 0 Å². The average Bonchev–Trinajstić information content (AvgIpc) is 2.92. The van der Waals surface area contributed by atoms with Crippen LogP contribution in [-0.4, -0.2) is 35.7 Å². The molecule has 2 atom stereocenters. The molecule has 1 unspecified atom stereocenters. The quantitative estimate of drug-likeness (QED) is 0.823. The van der Waals surface area contributed by atoms with E-state index in [2.05, 4.69) is 5.32 Å². The Kier molecular flexibility index (Phi) is 5.12. The van der Waals surface area contributed by atoms with E-state index in [0.717, 1.165) is 18.4 Å². The van der Waals surface area contributed by atoms with Crippen molar-refractivity contribution in [1.29, 1.82) is 0 Å². The van der Waals surface area contributed by atoms with Crippen LogP contribution in [0.5, 0.6) is 0 Å². The molecule has 5 nitrogen and oxygen atoms in total. The first-order chi connectivity index (χ1) is 9.65. The number of carbonyl (C=O) groups is 2. The fourth-order valence-corrected chi connectivity index (χ4v) is 2.32. The molecule has 1 amide bonds. The van der Waals surface area contributed by atoms with E-state index in [1.807, 2.05) is 30.3 Å². The Hall–Kier alpha value is -1.88. The van der Waals surface area contributed by atoms with Crippen LogP contribution in [0.3, 0.4) is 0 Å². The second-order valence-electron chi connectivity index (χ2n) is 4.99. The van der Waals surface area contributed by atoms with Crippen LogP contribution >= 0.6 is 0 Å². The lowest BCUT2D eigenvalue weighted by atomic mass is 10.1. The Bertz CT molecular complexity index is 454. The molecule has 108 valence electrons. The lowest BCUT2D eigenvalue weighted by Crippen LogP contribution is -2.43. The number of benzene rings is 1. The molecule has 0 spiro atoms. The van der Waals surface area contributed by atoms with Gasteiger partial charge < -0.3 is 15.2 Å². The number of carbonyl (C=O) groups excluding carboxylic acids is 1. The van der Waals surface area contributed by atoms with Gasteiger partial charge in [0, 0.05) is 13.0 Å². The van der Waals surface area contributed by atoms with Crippen molar-refractivity contribution in [2.24, 2.45) is 0 Å². The van der Waals surface area contributed by atoms with Crippen LogP contribution in [0, 0.1) is 0 Å². The van der Waals surface area contributed by atoms with Gasteiger partial charge in [0.05, 0.1) is 12.5 Å². The molecule has 1 aliphatic heterocycles. The molecule has 1 saturated heterocycles. The number of hydrogen-bond donors (Lipinski definition) is 2. The molecule has 0 bridgehead atoms. The van der Waals surface area contributed by atoms with Gasteiger partial charge in [0.25, 0.3) is 0 Å². The number of carboxylic acid groups (broad SMARTS) is 1. The van der Waals surface area contributed by atoms with E-state index < -0.39 is 12.0 Å². The summed E-state index contributed by atoms with van der Waals surface area (Å²) in [4.78, 5) is 23.1. The topological polar surface area (TPSA) is 75.6 Å². The first-order valence-corrected chi connectivity index (χ1v) is 6.83. The molecule has 0 aromatic heterocycles. The minimum atomic E-state index is -1.02. The number of rotatable bonds is 6. The lowest BCUT2D eigenvalue weighted by Gasteiger charge is -2.16. The van der Waals surface area contributed by atoms with Crippen LogP contribution < -0.4 is 5.32 Å². The molecule has 2 rings (SSSR count). The van der Waals surface area contributed by atoms with E-state index in [-0.39, 0.29) is 24.9 Å². The highest BCUT2D eigenvalue weighted by molar-refractivity contribution is 5.84. The van der Waals surface area contributed by atoms with E-state index >= 15 is 0 Å². The molecular formula is C15H19NO4. The van der Waals surface area contributed by atoms with Crippen molar-refractivity contribution in [1.82, 2.24) is 5.32 Å². The van der Waals surface area contributed by atoms with Gasteiger partial charge in [0.2, 0.25) is 5.91 Å². The third kappa shape index (κ3) is 4.35. The van der Waals surface area contributed by atoms with Gasteiger partial charge in [-0.2, -0.15) is 0 Å². The predicted octanol–water partition coefficient (Wildman–Crippen LogP) is 1.37. The van der Waals surface area contributed by atoms with Crippen LogP contribution in [0.1, 0.15) is 24.8 Å². The zero-order chi connectivity index (χ0) is 14.4. The van der Waals surface area contributed by atoms with Crippen molar-refractivity contribution in [3.8, 4) is 0 Å². The van der Waals surface area contributed by atoms with Gasteiger partial charge in [0.1, 0.15) is 6.04 Å². The summed E-state index contributed by atoms with van der Waals surface area (Å²) in [6.07, 6.45) is 2.28. The summed E-state index contributed by atoms with van der Waals surface area (Å²) in [5.74, 6) is -1.28. The number of amides is 1. The van der Waals surface area contributed by atoms with Crippen LogP contribution in [-0.2, 0) is 20.7 Å². The van der Waals surface area contributed by atoms with Gasteiger partial charge in [-0.05, 0) is 18.4 Å². The highest BCUT2D eigenvalue weighted by Crippen LogP contribution is 2.15. The van der Waals surface area contributed by atoms with Crippen molar-refractivity contribution in [2.75, 3.05) is 6.61 Å². The van der Waals surface area contributed by atoms with Gasteiger partial charge in [0.15, 0.2) is 0 Å². The first-order valence-electron chi connectivity index (χ1n) is 6.83. The Morgan fingerprint density at radius 3 is 2.70 bits per heavy atom. The summed E-state index contributed by atoms with van der Waals surface area (Å²) in [6.45, 7) is 0.685. The Morgan fingerprint density at radius 2 is 2.10 bits per heavy atom. The normalized spacial score (nSPS) is 19.5. The molecule has 5 heteroatoms. The van der Waals surface area contributed by atoms with Gasteiger partial charge in [-0.3, -0.25) is 4.79 Å². The zero-order valence-electron chi connectivity index (χ0n) is 11.2. The van der Waals surface area contributed by atoms with Crippen LogP contribution in [0.2, 0.25) is 0 Å². The van der Waals surface area contributed by atoms with Gasteiger partial charge in [-0.15, -0.1) is 0 Å². The standard InChI is InChI=1S/C15H19NO4/c17-14(10-12-7-4-8-20-12)16-13(15(18)19)9-11-5-2-1-3-6-11/h1-3,5-6,12-13H,4,7-10H2,(H,16,17)(H,18,19)/t12?,13-/m0/s1. The molecule has 2 N–H and O–H groups in total. The number of hydrogen-bond acceptors (Lipinski definition) is 3. The third-order valence-electron chi connectivity index (χ3n) is 3.35.